The minimum absolute atomic E-state index is 0.0986. The number of carbonyl (C=O) groups is 1. The Kier molecular flexibility index (Phi) is 9.50. The molecule has 26 heavy (non-hydrogen) atoms. The van der Waals surface area contributed by atoms with E-state index in [0.717, 1.165) is 17.1 Å². The predicted octanol–water partition coefficient (Wildman–Crippen LogP) is 6.69. The Morgan fingerprint density at radius 1 is 0.962 bits per heavy atom. The molecule has 0 aliphatic carbocycles. The van der Waals surface area contributed by atoms with E-state index in [9.17, 15) is 4.79 Å². The fourth-order valence-corrected chi connectivity index (χ4v) is 3.92. The zero-order valence-electron chi connectivity index (χ0n) is 15.6. The van der Waals surface area contributed by atoms with Crippen LogP contribution in [-0.4, -0.2) is 17.9 Å². The highest BCUT2D eigenvalue weighted by molar-refractivity contribution is 7.99. The summed E-state index contributed by atoms with van der Waals surface area (Å²) in [7, 11) is 0. The number of amides is 1. The van der Waals surface area contributed by atoms with E-state index in [4.69, 9.17) is 0 Å². The van der Waals surface area contributed by atoms with Crippen LogP contribution in [0.25, 0.3) is 0 Å². The molecule has 3 nitrogen and oxygen atoms in total. The minimum atomic E-state index is -0.0986. The summed E-state index contributed by atoms with van der Waals surface area (Å²) >= 11 is 3.36. The van der Waals surface area contributed by atoms with Crippen LogP contribution in [0.2, 0.25) is 0 Å². The van der Waals surface area contributed by atoms with Crippen molar-refractivity contribution >= 4 is 41.0 Å². The predicted molar refractivity (Wildman–Crippen MR) is 117 cm³/mol. The molecule has 0 aliphatic heterocycles. The van der Waals surface area contributed by atoms with E-state index >= 15 is 0 Å². The average Bonchev–Trinajstić information content (AvgIpc) is 2.66. The second kappa shape index (κ2) is 11.9. The highest BCUT2D eigenvalue weighted by atomic mass is 32.2. The zero-order valence-corrected chi connectivity index (χ0v) is 17.2. The number of thioether (sulfide) groups is 1. The smallest absolute Gasteiger partial charge is 0.257 e. The molecule has 0 radical (unpaired) electrons. The SMILES string of the molecule is CCCCCCCSc1ccc(NC(=O)c2ccccc2NSC)cc1. The second-order valence-electron chi connectivity index (χ2n) is 6.09. The van der Waals surface area contributed by atoms with Crippen LogP contribution >= 0.6 is 23.7 Å². The number of para-hydroxylation sites is 1. The molecular weight excluding hydrogens is 360 g/mol. The molecule has 0 unspecified atom stereocenters. The third-order valence-electron chi connectivity index (χ3n) is 4.01. The van der Waals surface area contributed by atoms with Crippen LogP contribution in [0.4, 0.5) is 11.4 Å². The molecule has 0 saturated carbocycles. The van der Waals surface area contributed by atoms with Gasteiger partial charge < -0.3 is 10.0 Å². The largest absolute Gasteiger partial charge is 0.329 e. The van der Waals surface area contributed by atoms with Crippen LogP contribution in [0, 0.1) is 0 Å². The quantitative estimate of drug-likeness (QED) is 0.255. The fourth-order valence-electron chi connectivity index (χ4n) is 2.61. The van der Waals surface area contributed by atoms with Gasteiger partial charge in [0, 0.05) is 16.8 Å². The van der Waals surface area contributed by atoms with Crippen molar-refractivity contribution in [3.8, 4) is 0 Å². The van der Waals surface area contributed by atoms with Gasteiger partial charge in [-0.15, -0.1) is 11.8 Å². The molecule has 2 aromatic carbocycles. The monoisotopic (exact) mass is 388 g/mol. The topological polar surface area (TPSA) is 41.1 Å². The Bertz CT molecular complexity index is 674. The van der Waals surface area contributed by atoms with Gasteiger partial charge in [0.15, 0.2) is 0 Å². The van der Waals surface area contributed by atoms with Crippen molar-refractivity contribution in [1.82, 2.24) is 0 Å². The van der Waals surface area contributed by atoms with Gasteiger partial charge in [0.2, 0.25) is 0 Å². The Balaban J connectivity index is 1.84. The summed E-state index contributed by atoms with van der Waals surface area (Å²) < 4.78 is 3.15. The van der Waals surface area contributed by atoms with E-state index in [-0.39, 0.29) is 5.91 Å². The molecule has 2 rings (SSSR count). The summed E-state index contributed by atoms with van der Waals surface area (Å²) in [6.07, 6.45) is 8.50. The number of hydrogen-bond acceptors (Lipinski definition) is 4. The first kappa shape index (κ1) is 20.7. The highest BCUT2D eigenvalue weighted by Gasteiger charge is 2.10. The number of carbonyl (C=O) groups excluding carboxylic acids is 1. The summed E-state index contributed by atoms with van der Waals surface area (Å²) in [6.45, 7) is 2.24. The van der Waals surface area contributed by atoms with Gasteiger partial charge >= 0.3 is 0 Å². The molecule has 0 aromatic heterocycles. The Hall–Kier alpha value is -1.59. The van der Waals surface area contributed by atoms with E-state index in [0.29, 0.717) is 5.56 Å². The van der Waals surface area contributed by atoms with Crippen LogP contribution in [0.15, 0.2) is 53.4 Å². The van der Waals surface area contributed by atoms with Gasteiger partial charge in [-0.1, -0.05) is 56.7 Å². The molecule has 0 atom stereocenters. The lowest BCUT2D eigenvalue weighted by molar-refractivity contribution is 0.102. The van der Waals surface area contributed by atoms with E-state index < -0.39 is 0 Å². The highest BCUT2D eigenvalue weighted by Crippen LogP contribution is 2.23. The van der Waals surface area contributed by atoms with Gasteiger partial charge in [-0.05, 0) is 48.6 Å². The zero-order chi connectivity index (χ0) is 18.6. The standard InChI is InChI=1S/C21H28N2OS2/c1-3-4-5-6-9-16-26-18-14-12-17(13-15-18)22-21(24)19-10-7-8-11-20(19)23-25-2/h7-8,10-15,23H,3-6,9,16H2,1-2H3,(H,22,24). The molecule has 0 heterocycles. The lowest BCUT2D eigenvalue weighted by Gasteiger charge is -2.11. The lowest BCUT2D eigenvalue weighted by atomic mass is 10.1. The number of rotatable bonds is 11. The number of anilines is 2. The van der Waals surface area contributed by atoms with Gasteiger partial charge in [-0.25, -0.2) is 0 Å². The van der Waals surface area contributed by atoms with Gasteiger partial charge in [-0.2, -0.15) is 0 Å². The summed E-state index contributed by atoms with van der Waals surface area (Å²) in [5.74, 6) is 1.06. The molecule has 2 N–H and O–H groups in total. The van der Waals surface area contributed by atoms with Crippen molar-refractivity contribution < 1.29 is 4.79 Å². The van der Waals surface area contributed by atoms with Crippen LogP contribution < -0.4 is 10.0 Å². The van der Waals surface area contributed by atoms with Crippen molar-refractivity contribution in [3.63, 3.8) is 0 Å². The van der Waals surface area contributed by atoms with Crippen LogP contribution in [-0.2, 0) is 0 Å². The molecule has 0 saturated heterocycles. The van der Waals surface area contributed by atoms with Gasteiger partial charge in [0.1, 0.15) is 0 Å². The molecule has 140 valence electrons. The molecule has 0 fully saturated rings. The molecule has 0 aliphatic rings. The number of hydrogen-bond donors (Lipinski definition) is 2. The van der Waals surface area contributed by atoms with Crippen molar-refractivity contribution in [1.29, 1.82) is 0 Å². The van der Waals surface area contributed by atoms with E-state index in [1.165, 1.54) is 48.9 Å². The van der Waals surface area contributed by atoms with E-state index in [2.05, 4.69) is 29.1 Å². The van der Waals surface area contributed by atoms with E-state index in [1.807, 2.05) is 54.4 Å². The number of benzene rings is 2. The molecule has 2 aromatic rings. The van der Waals surface area contributed by atoms with Gasteiger partial charge in [0.05, 0.1) is 11.3 Å². The first-order chi connectivity index (χ1) is 12.7. The Morgan fingerprint density at radius 3 is 2.42 bits per heavy atom. The molecule has 5 heteroatoms. The summed E-state index contributed by atoms with van der Waals surface area (Å²) in [4.78, 5) is 13.8. The molecule has 0 spiro atoms. The maximum absolute atomic E-state index is 12.5. The number of unbranched alkanes of at least 4 members (excludes halogenated alkanes) is 4. The van der Waals surface area contributed by atoms with Crippen molar-refractivity contribution in [3.05, 3.63) is 54.1 Å². The summed E-state index contributed by atoms with van der Waals surface area (Å²) in [5.41, 5.74) is 2.29. The Labute approximate surface area is 165 Å². The minimum Gasteiger partial charge on any atom is -0.329 e. The van der Waals surface area contributed by atoms with Gasteiger partial charge in [-0.3, -0.25) is 4.79 Å². The van der Waals surface area contributed by atoms with Crippen LogP contribution in [0.1, 0.15) is 49.4 Å². The average molecular weight is 389 g/mol. The summed E-state index contributed by atoms with van der Waals surface area (Å²) in [6, 6.07) is 15.6. The molecule has 0 bridgehead atoms. The molecule has 1 amide bonds. The molecular formula is C21H28N2OS2. The third kappa shape index (κ3) is 6.96. The normalized spacial score (nSPS) is 10.5. The first-order valence-electron chi connectivity index (χ1n) is 9.17. The van der Waals surface area contributed by atoms with Crippen molar-refractivity contribution in [2.24, 2.45) is 0 Å². The summed E-state index contributed by atoms with van der Waals surface area (Å²) in [5, 5.41) is 2.98. The van der Waals surface area contributed by atoms with Crippen molar-refractivity contribution in [2.75, 3.05) is 22.0 Å². The van der Waals surface area contributed by atoms with Crippen LogP contribution in [0.3, 0.4) is 0 Å². The fraction of sp³-hybridized carbons (Fsp3) is 0.381. The van der Waals surface area contributed by atoms with Crippen LogP contribution in [0.5, 0.6) is 0 Å². The van der Waals surface area contributed by atoms with E-state index in [1.54, 1.807) is 0 Å². The lowest BCUT2D eigenvalue weighted by Crippen LogP contribution is -2.13. The first-order valence-corrected chi connectivity index (χ1v) is 11.4. The maximum atomic E-state index is 12.5. The van der Waals surface area contributed by atoms with Crippen molar-refractivity contribution in [2.45, 2.75) is 43.9 Å². The third-order valence-corrected chi connectivity index (χ3v) is 5.53. The number of nitrogens with one attached hydrogen (secondary N) is 2. The Morgan fingerprint density at radius 2 is 1.69 bits per heavy atom. The van der Waals surface area contributed by atoms with Gasteiger partial charge in [0.25, 0.3) is 5.91 Å². The second-order valence-corrected chi connectivity index (χ2v) is 7.87. The maximum Gasteiger partial charge on any atom is 0.257 e.